The van der Waals surface area contributed by atoms with Gasteiger partial charge in [-0.15, -0.1) is 0 Å². The lowest BCUT2D eigenvalue weighted by molar-refractivity contribution is -0.0765. The summed E-state index contributed by atoms with van der Waals surface area (Å²) in [4.78, 5) is 2.11. The molecule has 0 spiro atoms. The van der Waals surface area contributed by atoms with Crippen LogP contribution in [0, 0.1) is 0 Å². The van der Waals surface area contributed by atoms with Gasteiger partial charge in [-0.05, 0) is 50.9 Å². The van der Waals surface area contributed by atoms with E-state index in [2.05, 4.69) is 41.3 Å². The van der Waals surface area contributed by atoms with Crippen molar-refractivity contribution >= 4 is 60.2 Å². The molecular weight excluding hydrogens is 482 g/mol. The van der Waals surface area contributed by atoms with Gasteiger partial charge in [0, 0.05) is 58.9 Å². The van der Waals surface area contributed by atoms with Crippen LogP contribution < -0.4 is 16.4 Å². The Bertz CT molecular complexity index is 1920. The fraction of sp³-hybridized carbons (Fsp3) is 0.176. The molecule has 0 aliphatic heterocycles. The van der Waals surface area contributed by atoms with Crippen LogP contribution in [0.2, 0.25) is 0 Å². The molecule has 2 atom stereocenters. The van der Waals surface area contributed by atoms with Crippen molar-refractivity contribution in [1.29, 1.82) is 0 Å². The molecule has 1 saturated carbocycles. The summed E-state index contributed by atoms with van der Waals surface area (Å²) in [5, 5.41) is 31.9. The van der Waals surface area contributed by atoms with E-state index in [4.69, 9.17) is 11.5 Å². The number of rotatable bonds is 3. The first-order valence-corrected chi connectivity index (χ1v) is 13.3. The molecule has 39 heavy (non-hydrogen) atoms. The normalized spacial score (nSPS) is 21.0. The van der Waals surface area contributed by atoms with Crippen LogP contribution in [-0.2, 0) is 0 Å². The predicted octanol–water partition coefficient (Wildman–Crippen LogP) is 6.13. The molecule has 0 saturated heterocycles. The number of hydrogen-bond acceptors (Lipinski definition) is 5. The third-order valence-corrected chi connectivity index (χ3v) is 8.64. The quantitative estimate of drug-likeness (QED) is 0.169. The van der Waals surface area contributed by atoms with Gasteiger partial charge in [-0.3, -0.25) is 0 Å². The predicted molar refractivity (Wildman–Crippen MR) is 164 cm³/mol. The van der Waals surface area contributed by atoms with Gasteiger partial charge in [0.2, 0.25) is 0 Å². The van der Waals surface area contributed by atoms with Crippen LogP contribution in [0.5, 0.6) is 0 Å². The lowest BCUT2D eigenvalue weighted by Crippen LogP contribution is -2.52. The van der Waals surface area contributed by atoms with Crippen molar-refractivity contribution in [2.45, 2.75) is 24.0 Å². The fourth-order valence-corrected chi connectivity index (χ4v) is 7.03. The highest BCUT2D eigenvalue weighted by Crippen LogP contribution is 2.56. The monoisotopic (exact) mass is 513 g/mol. The van der Waals surface area contributed by atoms with Gasteiger partial charge in [-0.25, -0.2) is 0 Å². The average Bonchev–Trinajstić information content (AvgIpc) is 2.92. The summed E-state index contributed by atoms with van der Waals surface area (Å²) in [6.07, 6.45) is -1.66. The van der Waals surface area contributed by atoms with Crippen LogP contribution in [0.4, 0.5) is 17.1 Å². The maximum atomic E-state index is 12.0. The molecule has 6 N–H and O–H groups in total. The molecule has 6 aromatic carbocycles. The van der Waals surface area contributed by atoms with Gasteiger partial charge in [0.15, 0.2) is 0 Å². The number of nitrogens with two attached hydrogens (primary N) is 2. The molecule has 1 aliphatic carbocycles. The topological polar surface area (TPSA) is 95.7 Å². The molecule has 2 unspecified atom stereocenters. The largest absolute Gasteiger partial charge is 0.398 e. The minimum atomic E-state index is -0.829. The summed E-state index contributed by atoms with van der Waals surface area (Å²) in [5.41, 5.74) is 17.3. The zero-order chi connectivity index (χ0) is 27.0. The van der Waals surface area contributed by atoms with E-state index < -0.39 is 24.0 Å². The van der Waals surface area contributed by atoms with E-state index in [9.17, 15) is 10.2 Å². The summed E-state index contributed by atoms with van der Waals surface area (Å²) in [5.74, 6) is -1.01. The van der Waals surface area contributed by atoms with Crippen molar-refractivity contribution in [1.82, 2.24) is 0 Å². The fourth-order valence-electron chi connectivity index (χ4n) is 7.03. The Morgan fingerprint density at radius 3 is 1.77 bits per heavy atom. The number of aliphatic hydroxyl groups excluding tert-OH is 2. The zero-order valence-corrected chi connectivity index (χ0v) is 22.0. The van der Waals surface area contributed by atoms with Gasteiger partial charge in [-0.1, -0.05) is 72.8 Å². The molecule has 5 heteroatoms. The van der Waals surface area contributed by atoms with Crippen molar-refractivity contribution in [3.8, 4) is 0 Å². The van der Waals surface area contributed by atoms with Gasteiger partial charge < -0.3 is 26.6 Å². The highest BCUT2D eigenvalue weighted by Gasteiger charge is 2.52. The van der Waals surface area contributed by atoms with Crippen molar-refractivity contribution in [3.63, 3.8) is 0 Å². The van der Waals surface area contributed by atoms with Crippen molar-refractivity contribution < 1.29 is 10.2 Å². The highest BCUT2D eigenvalue weighted by atomic mass is 16.3. The third kappa shape index (κ3) is 3.27. The molecule has 5 nitrogen and oxygen atoms in total. The van der Waals surface area contributed by atoms with Gasteiger partial charge in [0.05, 0.1) is 17.9 Å². The molecule has 0 radical (unpaired) electrons. The van der Waals surface area contributed by atoms with Crippen LogP contribution in [-0.4, -0.2) is 36.5 Å². The van der Waals surface area contributed by atoms with Gasteiger partial charge >= 0.3 is 0 Å². The SMILES string of the molecule is CN(C)c1c2ccccc2c(C2C(O)C(c3c4ccccc4cc4cccc(N)c34)C2O)c2c(N)cccc12. The molecule has 0 heterocycles. The minimum Gasteiger partial charge on any atom is -0.398 e. The van der Waals surface area contributed by atoms with Crippen molar-refractivity contribution in [2.24, 2.45) is 0 Å². The first-order valence-electron chi connectivity index (χ1n) is 13.3. The molecule has 0 amide bonds. The Morgan fingerprint density at radius 2 is 1.08 bits per heavy atom. The number of anilines is 3. The van der Waals surface area contributed by atoms with E-state index in [1.165, 1.54) is 0 Å². The maximum Gasteiger partial charge on any atom is 0.0728 e. The van der Waals surface area contributed by atoms with E-state index in [1.54, 1.807) is 0 Å². The average molecular weight is 514 g/mol. The second kappa shape index (κ2) is 8.60. The number of nitrogen functional groups attached to an aromatic ring is 2. The molecule has 1 fully saturated rings. The first-order chi connectivity index (χ1) is 18.9. The lowest BCUT2D eigenvalue weighted by atomic mass is 9.60. The van der Waals surface area contributed by atoms with Crippen LogP contribution in [0.1, 0.15) is 23.0 Å². The number of benzene rings is 6. The van der Waals surface area contributed by atoms with Crippen LogP contribution >= 0.6 is 0 Å². The van der Waals surface area contributed by atoms with Crippen LogP contribution in [0.25, 0.3) is 43.1 Å². The van der Waals surface area contributed by atoms with Crippen molar-refractivity contribution in [2.75, 3.05) is 30.5 Å². The molecule has 7 rings (SSSR count). The molecule has 0 bridgehead atoms. The Kier molecular flexibility index (Phi) is 5.24. The minimum absolute atomic E-state index is 0.499. The Hall–Kier alpha value is -4.32. The summed E-state index contributed by atoms with van der Waals surface area (Å²) >= 11 is 0. The maximum absolute atomic E-state index is 12.0. The third-order valence-electron chi connectivity index (χ3n) is 8.64. The molecule has 6 aromatic rings. The van der Waals surface area contributed by atoms with E-state index >= 15 is 0 Å². The van der Waals surface area contributed by atoms with E-state index in [0.717, 1.165) is 59.9 Å². The smallest absolute Gasteiger partial charge is 0.0728 e. The molecular formula is C34H31N3O2. The Balaban J connectivity index is 1.50. The van der Waals surface area contributed by atoms with Gasteiger partial charge in [0.25, 0.3) is 0 Å². The van der Waals surface area contributed by atoms with E-state index in [-0.39, 0.29) is 0 Å². The van der Waals surface area contributed by atoms with Crippen LogP contribution in [0.3, 0.4) is 0 Å². The number of fused-ring (bicyclic) bond motifs is 4. The first kappa shape index (κ1) is 23.8. The van der Waals surface area contributed by atoms with E-state index in [0.29, 0.717) is 11.4 Å². The van der Waals surface area contributed by atoms with Crippen molar-refractivity contribution in [3.05, 3.63) is 102 Å². The number of nitrogens with zero attached hydrogens (tertiary/aromatic N) is 1. The summed E-state index contributed by atoms with van der Waals surface area (Å²) < 4.78 is 0. The van der Waals surface area contributed by atoms with Crippen LogP contribution in [0.15, 0.2) is 91.0 Å². The molecule has 1 aliphatic rings. The molecule has 0 aromatic heterocycles. The standard InChI is InChI=1S/C34H31N3O2/c1-37(2)32-22-13-6-5-12-21(22)29(27-23(32)14-8-16-25(27)36)31-33(38)30(34(31)39)28-20-11-4-3-9-18(20)17-19-10-7-15-24(35)26(19)28/h3-17,30-31,33-34,38-39H,35-36H2,1-2H3. The lowest BCUT2D eigenvalue weighted by Gasteiger charge is -2.48. The highest BCUT2D eigenvalue weighted by molar-refractivity contribution is 6.17. The Labute approximate surface area is 226 Å². The summed E-state index contributed by atoms with van der Waals surface area (Å²) in [7, 11) is 4.06. The number of aliphatic hydroxyl groups is 2. The number of hydrogen-bond donors (Lipinski definition) is 4. The molecule has 194 valence electrons. The zero-order valence-electron chi connectivity index (χ0n) is 22.0. The van der Waals surface area contributed by atoms with E-state index in [1.807, 2.05) is 68.7 Å². The Morgan fingerprint density at radius 1 is 0.564 bits per heavy atom. The summed E-state index contributed by atoms with van der Waals surface area (Å²) in [6, 6.07) is 30.3. The second-order valence-corrected chi connectivity index (χ2v) is 11.0. The summed E-state index contributed by atoms with van der Waals surface area (Å²) in [6.45, 7) is 0. The second-order valence-electron chi connectivity index (χ2n) is 11.0. The van der Waals surface area contributed by atoms with Gasteiger partial charge in [-0.2, -0.15) is 0 Å². The van der Waals surface area contributed by atoms with Gasteiger partial charge in [0.1, 0.15) is 0 Å².